The van der Waals surface area contributed by atoms with Crippen molar-refractivity contribution in [2.75, 3.05) is 0 Å². The van der Waals surface area contributed by atoms with Crippen LogP contribution in [-0.4, -0.2) is 5.11 Å². The average molecular weight is 205 g/mol. The molecule has 1 aliphatic rings. The van der Waals surface area contributed by atoms with Crippen LogP contribution in [0, 0.1) is 17.1 Å². The van der Waals surface area contributed by atoms with Crippen LogP contribution in [0.1, 0.15) is 36.8 Å². The lowest BCUT2D eigenvalue weighted by Gasteiger charge is -2.23. The predicted molar refractivity (Wildman–Crippen MR) is 53.5 cm³/mol. The first-order valence-corrected chi connectivity index (χ1v) is 5.08. The highest BCUT2D eigenvalue weighted by Crippen LogP contribution is 2.39. The van der Waals surface area contributed by atoms with E-state index in [9.17, 15) is 9.50 Å². The Morgan fingerprint density at radius 1 is 1.33 bits per heavy atom. The molecule has 2 rings (SSSR count). The van der Waals surface area contributed by atoms with E-state index >= 15 is 0 Å². The molecule has 0 heterocycles. The molecule has 0 spiro atoms. The summed E-state index contributed by atoms with van der Waals surface area (Å²) in [6.45, 7) is 0. The van der Waals surface area contributed by atoms with Crippen molar-refractivity contribution in [3.63, 3.8) is 0 Å². The summed E-state index contributed by atoms with van der Waals surface area (Å²) in [5.41, 5.74) is -0.387. The van der Waals surface area contributed by atoms with Gasteiger partial charge in [-0.3, -0.25) is 0 Å². The lowest BCUT2D eigenvalue weighted by atomic mass is 9.91. The minimum Gasteiger partial charge on any atom is -0.385 e. The van der Waals surface area contributed by atoms with E-state index in [4.69, 9.17) is 5.26 Å². The van der Waals surface area contributed by atoms with Crippen molar-refractivity contribution in [3.05, 3.63) is 35.1 Å². The third kappa shape index (κ3) is 1.73. The predicted octanol–water partition coefficient (Wildman–Crippen LogP) is 2.46. The topological polar surface area (TPSA) is 44.0 Å². The molecule has 3 heteroatoms. The molecular weight excluding hydrogens is 193 g/mol. The van der Waals surface area contributed by atoms with Crippen molar-refractivity contribution in [2.24, 2.45) is 0 Å². The maximum atomic E-state index is 13.5. The van der Waals surface area contributed by atoms with Crippen molar-refractivity contribution in [2.45, 2.75) is 31.3 Å². The number of nitrogens with zero attached hydrogens (tertiary/aromatic N) is 1. The van der Waals surface area contributed by atoms with Gasteiger partial charge in [-0.2, -0.15) is 5.26 Å². The quantitative estimate of drug-likeness (QED) is 0.765. The fourth-order valence-electron chi connectivity index (χ4n) is 2.18. The summed E-state index contributed by atoms with van der Waals surface area (Å²) in [7, 11) is 0. The molecule has 1 saturated carbocycles. The largest absolute Gasteiger partial charge is 0.385 e. The lowest BCUT2D eigenvalue weighted by Crippen LogP contribution is -2.22. The molecule has 1 aliphatic carbocycles. The molecule has 2 nitrogen and oxygen atoms in total. The molecule has 0 atom stereocenters. The fraction of sp³-hybridized carbons (Fsp3) is 0.417. The van der Waals surface area contributed by atoms with Crippen LogP contribution in [0.2, 0.25) is 0 Å². The van der Waals surface area contributed by atoms with Gasteiger partial charge in [0.2, 0.25) is 0 Å². The summed E-state index contributed by atoms with van der Waals surface area (Å²) in [4.78, 5) is 0. The summed E-state index contributed by atoms with van der Waals surface area (Å²) in [6.07, 6.45) is 2.98. The molecule has 0 aliphatic heterocycles. The van der Waals surface area contributed by atoms with Crippen LogP contribution in [0.4, 0.5) is 4.39 Å². The number of benzene rings is 1. The first-order valence-electron chi connectivity index (χ1n) is 5.08. The normalized spacial score (nSPS) is 18.7. The van der Waals surface area contributed by atoms with Crippen molar-refractivity contribution >= 4 is 0 Å². The molecule has 0 radical (unpaired) electrons. The first-order chi connectivity index (χ1) is 7.15. The zero-order chi connectivity index (χ0) is 10.9. The maximum absolute atomic E-state index is 13.5. The smallest absolute Gasteiger partial charge is 0.129 e. The monoisotopic (exact) mass is 205 g/mol. The van der Waals surface area contributed by atoms with Crippen molar-refractivity contribution in [1.29, 1.82) is 5.26 Å². The van der Waals surface area contributed by atoms with Gasteiger partial charge >= 0.3 is 0 Å². The summed E-state index contributed by atoms with van der Waals surface area (Å²) < 4.78 is 13.5. The molecule has 15 heavy (non-hydrogen) atoms. The van der Waals surface area contributed by atoms with Gasteiger partial charge in [0.15, 0.2) is 0 Å². The number of hydrogen-bond acceptors (Lipinski definition) is 2. The molecule has 0 saturated heterocycles. The van der Waals surface area contributed by atoms with Crippen LogP contribution in [0.3, 0.4) is 0 Å². The Labute approximate surface area is 88.0 Å². The number of nitriles is 1. The number of aliphatic hydroxyl groups is 1. The second kappa shape index (κ2) is 3.63. The van der Waals surface area contributed by atoms with E-state index in [1.165, 1.54) is 18.2 Å². The molecule has 1 aromatic rings. The molecule has 0 unspecified atom stereocenters. The maximum Gasteiger partial charge on any atom is 0.129 e. The third-order valence-corrected chi connectivity index (χ3v) is 3.03. The Kier molecular flexibility index (Phi) is 2.45. The SMILES string of the molecule is N#Cc1ccc(F)c(C2(O)CCCC2)c1. The van der Waals surface area contributed by atoms with Gasteiger partial charge in [-0.25, -0.2) is 4.39 Å². The van der Waals surface area contributed by atoms with Crippen LogP contribution in [-0.2, 0) is 5.60 Å². The minimum absolute atomic E-state index is 0.277. The van der Waals surface area contributed by atoms with Gasteiger partial charge in [0.1, 0.15) is 5.82 Å². The Morgan fingerprint density at radius 3 is 2.60 bits per heavy atom. The highest BCUT2D eigenvalue weighted by atomic mass is 19.1. The van der Waals surface area contributed by atoms with Crippen LogP contribution in [0.5, 0.6) is 0 Å². The van der Waals surface area contributed by atoms with E-state index in [1.807, 2.05) is 6.07 Å². The zero-order valence-electron chi connectivity index (χ0n) is 8.33. The van der Waals surface area contributed by atoms with Gasteiger partial charge < -0.3 is 5.11 Å². The first kappa shape index (κ1) is 10.1. The zero-order valence-corrected chi connectivity index (χ0v) is 8.33. The van der Waals surface area contributed by atoms with E-state index in [2.05, 4.69) is 0 Å². The number of hydrogen-bond donors (Lipinski definition) is 1. The highest BCUT2D eigenvalue weighted by molar-refractivity contribution is 5.37. The van der Waals surface area contributed by atoms with Crippen LogP contribution >= 0.6 is 0 Å². The molecular formula is C12H12FNO. The average Bonchev–Trinajstić information content (AvgIpc) is 2.67. The molecule has 0 bridgehead atoms. The van der Waals surface area contributed by atoms with Crippen molar-refractivity contribution in [3.8, 4) is 6.07 Å². The van der Waals surface area contributed by atoms with Gasteiger partial charge in [-0.15, -0.1) is 0 Å². The molecule has 1 aromatic carbocycles. The van der Waals surface area contributed by atoms with E-state index < -0.39 is 11.4 Å². The van der Waals surface area contributed by atoms with E-state index in [-0.39, 0.29) is 5.56 Å². The van der Waals surface area contributed by atoms with E-state index in [0.717, 1.165) is 12.8 Å². The second-order valence-corrected chi connectivity index (χ2v) is 4.05. The number of halogens is 1. The van der Waals surface area contributed by atoms with E-state index in [0.29, 0.717) is 18.4 Å². The van der Waals surface area contributed by atoms with Gasteiger partial charge in [0.05, 0.1) is 17.2 Å². The lowest BCUT2D eigenvalue weighted by molar-refractivity contribution is 0.0407. The molecule has 78 valence electrons. The standard InChI is InChI=1S/C12H12FNO/c13-11-4-3-9(8-14)7-10(11)12(15)5-1-2-6-12/h3-4,7,15H,1-2,5-6H2. The van der Waals surface area contributed by atoms with Gasteiger partial charge in [-0.1, -0.05) is 12.8 Å². The molecule has 0 amide bonds. The Morgan fingerprint density at radius 2 is 2.00 bits per heavy atom. The summed E-state index contributed by atoms with van der Waals surface area (Å²) in [5, 5.41) is 18.9. The summed E-state index contributed by atoms with van der Waals surface area (Å²) >= 11 is 0. The third-order valence-electron chi connectivity index (χ3n) is 3.03. The van der Waals surface area contributed by atoms with Crippen LogP contribution < -0.4 is 0 Å². The van der Waals surface area contributed by atoms with Crippen LogP contribution in [0.25, 0.3) is 0 Å². The van der Waals surface area contributed by atoms with Gasteiger partial charge in [0.25, 0.3) is 0 Å². The van der Waals surface area contributed by atoms with Crippen molar-refractivity contribution in [1.82, 2.24) is 0 Å². The Hall–Kier alpha value is -1.40. The fourth-order valence-corrected chi connectivity index (χ4v) is 2.18. The molecule has 1 fully saturated rings. The second-order valence-electron chi connectivity index (χ2n) is 4.05. The minimum atomic E-state index is -1.06. The number of rotatable bonds is 1. The van der Waals surface area contributed by atoms with Gasteiger partial charge in [0, 0.05) is 5.56 Å². The Balaban J connectivity index is 2.47. The molecule has 0 aromatic heterocycles. The molecule has 1 N–H and O–H groups in total. The Bertz CT molecular complexity index is 416. The summed E-state index contributed by atoms with van der Waals surface area (Å²) in [5.74, 6) is -0.418. The van der Waals surface area contributed by atoms with Crippen molar-refractivity contribution < 1.29 is 9.50 Å². The summed E-state index contributed by atoms with van der Waals surface area (Å²) in [6, 6.07) is 6.10. The van der Waals surface area contributed by atoms with Gasteiger partial charge in [-0.05, 0) is 31.0 Å². The van der Waals surface area contributed by atoms with E-state index in [1.54, 1.807) is 0 Å². The van der Waals surface area contributed by atoms with Crippen LogP contribution in [0.15, 0.2) is 18.2 Å². The highest BCUT2D eigenvalue weighted by Gasteiger charge is 2.35.